The molecule has 0 aromatic heterocycles. The van der Waals surface area contributed by atoms with Crippen LogP contribution in [0.5, 0.6) is 0 Å². The molecule has 0 rings (SSSR count). The predicted octanol–water partition coefficient (Wildman–Crippen LogP) is 0.911. The van der Waals surface area contributed by atoms with Crippen LogP contribution in [0.3, 0.4) is 0 Å². The van der Waals surface area contributed by atoms with Crippen LogP contribution < -0.4 is 0 Å². The van der Waals surface area contributed by atoms with Gasteiger partial charge in [0.05, 0.1) is 12.7 Å². The molecule has 0 aliphatic rings. The maximum Gasteiger partial charge on any atom is 0.472 e. The Hall–Kier alpha value is 0.0700. The van der Waals surface area contributed by atoms with Gasteiger partial charge in [-0.2, -0.15) is 0 Å². The van der Waals surface area contributed by atoms with E-state index in [0.717, 1.165) is 0 Å². The Morgan fingerprint density at radius 3 is 2.50 bits per heavy atom. The molecule has 0 radical (unpaired) electrons. The zero-order chi connectivity index (χ0) is 9.61. The minimum absolute atomic E-state index is 0.0248. The summed E-state index contributed by atoms with van der Waals surface area (Å²) in [5, 5.41) is 8.35. The Kier molecular flexibility index (Phi) is 5.70. The van der Waals surface area contributed by atoms with Gasteiger partial charge in [-0.25, -0.2) is 4.57 Å². The van der Waals surface area contributed by atoms with Crippen molar-refractivity contribution in [2.75, 3.05) is 13.2 Å². The summed E-state index contributed by atoms with van der Waals surface area (Å²) in [5.41, 5.74) is 0. The van der Waals surface area contributed by atoms with E-state index in [1.54, 1.807) is 13.8 Å². The van der Waals surface area contributed by atoms with Gasteiger partial charge in [0, 0.05) is 6.61 Å². The van der Waals surface area contributed by atoms with Gasteiger partial charge in [-0.15, -0.1) is 0 Å². The molecule has 0 saturated heterocycles. The Balaban J connectivity index is 3.64. The number of aliphatic hydroxyl groups excluding tert-OH is 1. The highest BCUT2D eigenvalue weighted by atomic mass is 31.2. The van der Waals surface area contributed by atoms with E-state index < -0.39 is 7.82 Å². The summed E-state index contributed by atoms with van der Waals surface area (Å²) in [7, 11) is -3.89. The maximum absolute atomic E-state index is 10.9. The number of hydrogen-bond acceptors (Lipinski definition) is 4. The molecule has 0 fully saturated rings. The van der Waals surface area contributed by atoms with Gasteiger partial charge in [-0.3, -0.25) is 9.05 Å². The third-order valence-electron chi connectivity index (χ3n) is 0.901. The van der Waals surface area contributed by atoms with E-state index in [4.69, 9.17) is 10.00 Å². The number of phosphoric acid groups is 1. The fourth-order valence-corrected chi connectivity index (χ4v) is 1.49. The number of rotatable bonds is 6. The first-order valence-electron chi connectivity index (χ1n) is 3.74. The summed E-state index contributed by atoms with van der Waals surface area (Å²) in [6.07, 6.45) is -0.0265. The summed E-state index contributed by atoms with van der Waals surface area (Å²) >= 11 is 0. The summed E-state index contributed by atoms with van der Waals surface area (Å²) < 4.78 is 20.0. The largest absolute Gasteiger partial charge is 0.472 e. The van der Waals surface area contributed by atoms with E-state index in [2.05, 4.69) is 9.05 Å². The molecule has 0 aromatic rings. The van der Waals surface area contributed by atoms with E-state index in [-0.39, 0.29) is 19.3 Å². The van der Waals surface area contributed by atoms with Crippen LogP contribution in [0.1, 0.15) is 20.3 Å². The highest BCUT2D eigenvalue weighted by molar-refractivity contribution is 7.47. The van der Waals surface area contributed by atoms with Crippen LogP contribution in [0.25, 0.3) is 0 Å². The van der Waals surface area contributed by atoms with Crippen LogP contribution in [0.15, 0.2) is 0 Å². The minimum atomic E-state index is -3.89. The molecule has 12 heavy (non-hydrogen) atoms. The lowest BCUT2D eigenvalue weighted by Crippen LogP contribution is -2.04. The van der Waals surface area contributed by atoms with E-state index >= 15 is 0 Å². The fourth-order valence-electron chi connectivity index (χ4n) is 0.541. The van der Waals surface area contributed by atoms with Gasteiger partial charge >= 0.3 is 7.82 Å². The fraction of sp³-hybridized carbons (Fsp3) is 1.00. The number of phosphoric ester groups is 1. The van der Waals surface area contributed by atoms with Gasteiger partial charge in [0.25, 0.3) is 0 Å². The van der Waals surface area contributed by atoms with Crippen molar-refractivity contribution in [1.29, 1.82) is 0 Å². The molecule has 6 heteroatoms. The van der Waals surface area contributed by atoms with Crippen LogP contribution in [0.2, 0.25) is 0 Å². The first-order chi connectivity index (χ1) is 5.48. The zero-order valence-electron chi connectivity index (χ0n) is 7.27. The minimum Gasteiger partial charge on any atom is -0.396 e. The lowest BCUT2D eigenvalue weighted by Gasteiger charge is -2.13. The van der Waals surface area contributed by atoms with Crippen molar-refractivity contribution in [3.05, 3.63) is 0 Å². The average Bonchev–Trinajstić information content (AvgIpc) is 1.84. The predicted molar refractivity (Wildman–Crippen MR) is 43.7 cm³/mol. The molecule has 74 valence electrons. The van der Waals surface area contributed by atoms with Crippen LogP contribution in [-0.4, -0.2) is 29.3 Å². The quantitative estimate of drug-likeness (QED) is 0.490. The van der Waals surface area contributed by atoms with Crippen molar-refractivity contribution in [3.63, 3.8) is 0 Å². The standard InChI is InChI=1S/C6H15O5P/c1-6(2)11-12(8,9)10-5-3-4-7/h6-7H,3-5H2,1-2H3,(H,8,9). The van der Waals surface area contributed by atoms with E-state index in [0.29, 0.717) is 6.42 Å². The SMILES string of the molecule is CC(C)OP(=O)(O)OCCCO. The molecule has 1 atom stereocenters. The van der Waals surface area contributed by atoms with Gasteiger partial charge < -0.3 is 10.00 Å². The monoisotopic (exact) mass is 198 g/mol. The van der Waals surface area contributed by atoms with Crippen molar-refractivity contribution >= 4 is 7.82 Å². The highest BCUT2D eigenvalue weighted by Crippen LogP contribution is 2.44. The lowest BCUT2D eigenvalue weighted by atomic mass is 10.5. The molecule has 2 N–H and O–H groups in total. The van der Waals surface area contributed by atoms with Crippen LogP contribution in [0.4, 0.5) is 0 Å². The second kappa shape index (κ2) is 5.67. The average molecular weight is 198 g/mol. The van der Waals surface area contributed by atoms with Crippen molar-refractivity contribution in [2.24, 2.45) is 0 Å². The summed E-state index contributed by atoms with van der Waals surface area (Å²) in [5.74, 6) is 0. The normalized spacial score (nSPS) is 16.4. The van der Waals surface area contributed by atoms with Crippen molar-refractivity contribution in [1.82, 2.24) is 0 Å². The summed E-state index contributed by atoms with van der Waals surface area (Å²) in [6, 6.07) is 0. The maximum atomic E-state index is 10.9. The highest BCUT2D eigenvalue weighted by Gasteiger charge is 2.21. The summed E-state index contributed by atoms with van der Waals surface area (Å²) in [6.45, 7) is 3.23. The van der Waals surface area contributed by atoms with Gasteiger partial charge in [-0.1, -0.05) is 0 Å². The molecule has 0 aromatic carbocycles. The van der Waals surface area contributed by atoms with Crippen molar-refractivity contribution < 1.29 is 23.6 Å². The van der Waals surface area contributed by atoms with Gasteiger partial charge in [0.1, 0.15) is 0 Å². The lowest BCUT2D eigenvalue weighted by molar-refractivity contribution is 0.114. The molecule has 5 nitrogen and oxygen atoms in total. The molecule has 0 spiro atoms. The van der Waals surface area contributed by atoms with Crippen LogP contribution in [-0.2, 0) is 13.6 Å². The molecule has 1 unspecified atom stereocenters. The zero-order valence-corrected chi connectivity index (χ0v) is 8.16. The molecule has 0 bridgehead atoms. The Labute approximate surface area is 71.9 Å². The molecule has 0 aliphatic heterocycles. The Morgan fingerprint density at radius 2 is 2.08 bits per heavy atom. The number of aliphatic hydroxyl groups is 1. The van der Waals surface area contributed by atoms with E-state index in [1.165, 1.54) is 0 Å². The number of hydrogen-bond donors (Lipinski definition) is 2. The van der Waals surface area contributed by atoms with Crippen molar-refractivity contribution in [2.45, 2.75) is 26.4 Å². The Bertz CT molecular complexity index is 158. The summed E-state index contributed by atoms with van der Waals surface area (Å²) in [4.78, 5) is 8.94. The van der Waals surface area contributed by atoms with Gasteiger partial charge in [-0.05, 0) is 20.3 Å². The second-order valence-electron chi connectivity index (χ2n) is 2.53. The molecular formula is C6H15O5P. The van der Waals surface area contributed by atoms with E-state index in [9.17, 15) is 4.57 Å². The van der Waals surface area contributed by atoms with Gasteiger partial charge in [0.15, 0.2) is 0 Å². The second-order valence-corrected chi connectivity index (χ2v) is 3.94. The molecule has 0 heterocycles. The third kappa shape index (κ3) is 6.76. The van der Waals surface area contributed by atoms with Crippen LogP contribution in [0, 0.1) is 0 Å². The Morgan fingerprint density at radius 1 is 1.50 bits per heavy atom. The third-order valence-corrected chi connectivity index (χ3v) is 2.10. The first-order valence-corrected chi connectivity index (χ1v) is 5.24. The van der Waals surface area contributed by atoms with Crippen LogP contribution >= 0.6 is 7.82 Å². The first kappa shape index (κ1) is 12.1. The molecular weight excluding hydrogens is 183 g/mol. The van der Waals surface area contributed by atoms with E-state index in [1.807, 2.05) is 0 Å². The molecule has 0 aliphatic carbocycles. The topological polar surface area (TPSA) is 76.0 Å². The van der Waals surface area contributed by atoms with Gasteiger partial charge in [0.2, 0.25) is 0 Å². The molecule has 0 amide bonds. The molecule has 0 saturated carbocycles. The smallest absolute Gasteiger partial charge is 0.396 e. The van der Waals surface area contributed by atoms with Crippen molar-refractivity contribution in [3.8, 4) is 0 Å².